The summed E-state index contributed by atoms with van der Waals surface area (Å²) in [6.07, 6.45) is 6.59. The van der Waals surface area contributed by atoms with Crippen molar-refractivity contribution in [2.45, 2.75) is 58.9 Å². The number of fused-ring (bicyclic) bond motifs is 3. The van der Waals surface area contributed by atoms with E-state index in [4.69, 9.17) is 0 Å². The van der Waals surface area contributed by atoms with Gasteiger partial charge in [-0.25, -0.2) is 4.98 Å². The van der Waals surface area contributed by atoms with Gasteiger partial charge in [-0.2, -0.15) is 0 Å². The first-order valence-corrected chi connectivity index (χ1v) is 10.7. The van der Waals surface area contributed by atoms with Crippen LogP contribution in [0.15, 0.2) is 29.3 Å². The molecule has 4 rings (SSSR count). The molecular formula is C22H25N3O2S. The fourth-order valence-electron chi connectivity index (χ4n) is 3.99. The first-order chi connectivity index (χ1) is 13.5. The minimum absolute atomic E-state index is 0.104. The van der Waals surface area contributed by atoms with Crippen molar-refractivity contribution in [3.8, 4) is 0 Å². The lowest BCUT2D eigenvalue weighted by atomic mass is 9.97. The Morgan fingerprint density at radius 3 is 2.89 bits per heavy atom. The standard InChI is InChI=1S/C22H25N3O2S/c1-4-15-9-7-8-13(2)19(15)24-20(26)14(3)25-12-23-21-18(22(25)27)16-10-5-6-11-17(16)28-21/h7-9,12,14H,4-6,10-11H2,1-3H3,(H,24,26)/t14-/m0/s1. The quantitative estimate of drug-likeness (QED) is 0.712. The fourth-order valence-corrected chi connectivity index (χ4v) is 5.21. The average Bonchev–Trinajstić information content (AvgIpc) is 3.08. The molecule has 0 bridgehead atoms. The molecule has 0 fully saturated rings. The number of hydrogen-bond acceptors (Lipinski definition) is 4. The second-order valence-electron chi connectivity index (χ2n) is 7.48. The largest absolute Gasteiger partial charge is 0.324 e. The Kier molecular flexibility index (Phi) is 5.06. The van der Waals surface area contributed by atoms with Crippen LogP contribution in [0.25, 0.3) is 10.2 Å². The maximum absolute atomic E-state index is 13.2. The van der Waals surface area contributed by atoms with Crippen LogP contribution in [0.1, 0.15) is 54.3 Å². The molecule has 1 amide bonds. The summed E-state index contributed by atoms with van der Waals surface area (Å²) in [6.45, 7) is 5.81. The summed E-state index contributed by atoms with van der Waals surface area (Å²) < 4.78 is 1.48. The highest BCUT2D eigenvalue weighted by atomic mass is 32.1. The van der Waals surface area contributed by atoms with Crippen molar-refractivity contribution in [1.29, 1.82) is 0 Å². The van der Waals surface area contributed by atoms with Crippen molar-refractivity contribution in [1.82, 2.24) is 9.55 Å². The molecule has 3 aromatic rings. The number of nitrogens with one attached hydrogen (secondary N) is 1. The summed E-state index contributed by atoms with van der Waals surface area (Å²) >= 11 is 1.63. The second kappa shape index (κ2) is 7.51. The smallest absolute Gasteiger partial charge is 0.263 e. The third-order valence-corrected chi connectivity index (χ3v) is 6.89. The molecule has 0 radical (unpaired) electrons. The van der Waals surface area contributed by atoms with Gasteiger partial charge in [-0.15, -0.1) is 11.3 Å². The van der Waals surface area contributed by atoms with Crippen molar-refractivity contribution >= 4 is 33.1 Å². The molecule has 0 saturated heterocycles. The van der Waals surface area contributed by atoms with E-state index in [1.807, 2.05) is 25.1 Å². The lowest BCUT2D eigenvalue weighted by molar-refractivity contribution is -0.118. The Bertz CT molecular complexity index is 1110. The maximum Gasteiger partial charge on any atom is 0.263 e. The fraction of sp³-hybridized carbons (Fsp3) is 0.409. The Morgan fingerprint density at radius 1 is 1.32 bits per heavy atom. The molecule has 6 heteroatoms. The normalized spacial score (nSPS) is 14.7. The van der Waals surface area contributed by atoms with Gasteiger partial charge in [0.1, 0.15) is 10.9 Å². The minimum atomic E-state index is -0.632. The van der Waals surface area contributed by atoms with Crippen LogP contribution in [-0.4, -0.2) is 15.5 Å². The van der Waals surface area contributed by atoms with Gasteiger partial charge in [0, 0.05) is 10.6 Å². The van der Waals surface area contributed by atoms with Gasteiger partial charge in [0.15, 0.2) is 0 Å². The van der Waals surface area contributed by atoms with Crippen molar-refractivity contribution < 1.29 is 4.79 Å². The molecule has 28 heavy (non-hydrogen) atoms. The first-order valence-electron chi connectivity index (χ1n) is 9.92. The molecule has 0 saturated carbocycles. The second-order valence-corrected chi connectivity index (χ2v) is 8.56. The van der Waals surface area contributed by atoms with E-state index in [-0.39, 0.29) is 11.5 Å². The van der Waals surface area contributed by atoms with Gasteiger partial charge < -0.3 is 5.32 Å². The molecule has 146 valence electrons. The molecule has 5 nitrogen and oxygen atoms in total. The molecular weight excluding hydrogens is 370 g/mol. The minimum Gasteiger partial charge on any atom is -0.324 e. The number of para-hydroxylation sites is 1. The summed E-state index contributed by atoms with van der Waals surface area (Å²) in [5.74, 6) is -0.198. The van der Waals surface area contributed by atoms with E-state index in [0.29, 0.717) is 5.39 Å². The predicted molar refractivity (Wildman–Crippen MR) is 114 cm³/mol. The number of anilines is 1. The lowest BCUT2D eigenvalue weighted by Crippen LogP contribution is -2.32. The van der Waals surface area contributed by atoms with E-state index in [9.17, 15) is 9.59 Å². The van der Waals surface area contributed by atoms with E-state index >= 15 is 0 Å². The van der Waals surface area contributed by atoms with Gasteiger partial charge in [0.2, 0.25) is 5.91 Å². The summed E-state index contributed by atoms with van der Waals surface area (Å²) in [5, 5.41) is 3.75. The van der Waals surface area contributed by atoms with E-state index in [2.05, 4.69) is 17.2 Å². The predicted octanol–water partition coefficient (Wildman–Crippen LogP) is 4.41. The van der Waals surface area contributed by atoms with Crippen LogP contribution in [0.3, 0.4) is 0 Å². The highest BCUT2D eigenvalue weighted by molar-refractivity contribution is 7.18. The number of carbonyl (C=O) groups is 1. The topological polar surface area (TPSA) is 64.0 Å². The number of hydrogen-bond donors (Lipinski definition) is 1. The highest BCUT2D eigenvalue weighted by Crippen LogP contribution is 2.33. The SMILES string of the molecule is CCc1cccc(C)c1NC(=O)[C@H](C)n1cnc2sc3c(c2c1=O)CCCC3. The Balaban J connectivity index is 1.69. The molecule has 1 aliphatic carbocycles. The molecule has 1 aliphatic rings. The maximum atomic E-state index is 13.2. The van der Waals surface area contributed by atoms with Crippen LogP contribution in [0.5, 0.6) is 0 Å². The van der Waals surface area contributed by atoms with Crippen LogP contribution >= 0.6 is 11.3 Å². The Labute approximate surface area is 168 Å². The number of amides is 1. The van der Waals surface area contributed by atoms with E-state index < -0.39 is 6.04 Å². The molecule has 2 heterocycles. The summed E-state index contributed by atoms with van der Waals surface area (Å²) in [6, 6.07) is 5.37. The highest BCUT2D eigenvalue weighted by Gasteiger charge is 2.23. The van der Waals surface area contributed by atoms with Crippen LogP contribution in [-0.2, 0) is 24.1 Å². The average molecular weight is 396 g/mol. The number of aromatic nitrogens is 2. The van der Waals surface area contributed by atoms with Crippen molar-refractivity contribution in [3.05, 3.63) is 56.4 Å². The van der Waals surface area contributed by atoms with Gasteiger partial charge in [-0.05, 0) is 62.6 Å². The third-order valence-electron chi connectivity index (χ3n) is 5.69. The van der Waals surface area contributed by atoms with Crippen molar-refractivity contribution in [3.63, 3.8) is 0 Å². The zero-order chi connectivity index (χ0) is 19.8. The van der Waals surface area contributed by atoms with E-state index in [1.165, 1.54) is 22.2 Å². The van der Waals surface area contributed by atoms with E-state index in [1.54, 1.807) is 18.3 Å². The van der Waals surface area contributed by atoms with Gasteiger partial charge in [0.25, 0.3) is 5.56 Å². The molecule has 0 aliphatic heterocycles. The number of thiophene rings is 1. The third kappa shape index (κ3) is 3.15. The zero-order valence-corrected chi connectivity index (χ0v) is 17.4. The van der Waals surface area contributed by atoms with Crippen LogP contribution in [0, 0.1) is 6.92 Å². The summed E-state index contributed by atoms with van der Waals surface area (Å²) in [5.41, 5.74) is 4.00. The Hall–Kier alpha value is -2.47. The van der Waals surface area contributed by atoms with Gasteiger partial charge >= 0.3 is 0 Å². The molecule has 1 aromatic carbocycles. The van der Waals surface area contributed by atoms with Crippen LogP contribution < -0.4 is 10.9 Å². The molecule has 1 N–H and O–H groups in total. The van der Waals surface area contributed by atoms with E-state index in [0.717, 1.165) is 52.9 Å². The van der Waals surface area contributed by atoms with Gasteiger partial charge in [-0.1, -0.05) is 25.1 Å². The Morgan fingerprint density at radius 2 is 2.11 bits per heavy atom. The zero-order valence-electron chi connectivity index (χ0n) is 16.5. The van der Waals surface area contributed by atoms with Gasteiger partial charge in [0.05, 0.1) is 11.7 Å². The number of benzene rings is 1. The number of rotatable bonds is 4. The van der Waals surface area contributed by atoms with Crippen LogP contribution in [0.2, 0.25) is 0 Å². The lowest BCUT2D eigenvalue weighted by Gasteiger charge is -2.18. The monoisotopic (exact) mass is 395 g/mol. The molecule has 0 unspecified atom stereocenters. The molecule has 2 aromatic heterocycles. The summed E-state index contributed by atoms with van der Waals surface area (Å²) in [4.78, 5) is 32.7. The number of carbonyl (C=O) groups excluding carboxylic acids is 1. The number of nitrogens with zero attached hydrogens (tertiary/aromatic N) is 2. The van der Waals surface area contributed by atoms with Crippen molar-refractivity contribution in [2.75, 3.05) is 5.32 Å². The van der Waals surface area contributed by atoms with Crippen molar-refractivity contribution in [2.24, 2.45) is 0 Å². The molecule has 0 spiro atoms. The summed E-state index contributed by atoms with van der Waals surface area (Å²) in [7, 11) is 0. The number of aryl methyl sites for hydroxylation is 4. The van der Waals surface area contributed by atoms with Gasteiger partial charge in [-0.3, -0.25) is 14.2 Å². The first kappa shape index (κ1) is 18.9. The molecule has 1 atom stereocenters. The van der Waals surface area contributed by atoms with Crippen LogP contribution in [0.4, 0.5) is 5.69 Å².